The van der Waals surface area contributed by atoms with E-state index in [9.17, 15) is 9.59 Å². The van der Waals surface area contributed by atoms with Crippen LogP contribution in [0.3, 0.4) is 0 Å². The number of aromatic nitrogens is 2. The van der Waals surface area contributed by atoms with Crippen LogP contribution in [0.5, 0.6) is 0 Å². The van der Waals surface area contributed by atoms with Crippen LogP contribution >= 0.6 is 0 Å². The predicted octanol–water partition coefficient (Wildman–Crippen LogP) is 4.15. The second-order valence-corrected chi connectivity index (χ2v) is 6.64. The first kappa shape index (κ1) is 18.4. The van der Waals surface area contributed by atoms with Crippen LogP contribution in [0.2, 0.25) is 0 Å². The summed E-state index contributed by atoms with van der Waals surface area (Å²) >= 11 is 0. The number of aryl methyl sites for hydroxylation is 1. The molecule has 0 aliphatic heterocycles. The third-order valence-electron chi connectivity index (χ3n) is 4.61. The van der Waals surface area contributed by atoms with Gasteiger partial charge in [0.25, 0.3) is 0 Å². The van der Waals surface area contributed by atoms with Crippen LogP contribution in [-0.2, 0) is 11.2 Å². The van der Waals surface area contributed by atoms with Crippen molar-refractivity contribution >= 4 is 28.4 Å². The van der Waals surface area contributed by atoms with Gasteiger partial charge < -0.3 is 10.4 Å². The molecule has 2 heterocycles. The van der Waals surface area contributed by atoms with Gasteiger partial charge in [0.1, 0.15) is 5.82 Å². The van der Waals surface area contributed by atoms with Crippen LogP contribution in [-0.4, -0.2) is 20.6 Å². The largest absolute Gasteiger partial charge is 0.481 e. The fraction of sp³-hybridized carbons (Fsp3) is 0.0870. The minimum Gasteiger partial charge on any atom is -0.481 e. The van der Waals surface area contributed by atoms with E-state index in [2.05, 4.69) is 10.3 Å². The number of nitrogens with zero attached hydrogens (tertiary/aromatic N) is 2. The standard InChI is InChI=1S/C23H19N3O3/c27-21-14-22(25-16-7-3-1-4-8-16)26(18-9-5-2-6-10-18)20-13-17(11-12-23(28)29)24-15-19(20)21/h1-10,13-15,25H,11-12H2,(H,28,29). The number of pyridine rings is 2. The first-order valence-corrected chi connectivity index (χ1v) is 9.26. The molecule has 0 aliphatic carbocycles. The molecule has 2 aromatic carbocycles. The van der Waals surface area contributed by atoms with Gasteiger partial charge in [0.15, 0.2) is 5.43 Å². The van der Waals surface area contributed by atoms with Gasteiger partial charge in [0.2, 0.25) is 0 Å². The summed E-state index contributed by atoms with van der Waals surface area (Å²) in [6.07, 6.45) is 1.81. The lowest BCUT2D eigenvalue weighted by Crippen LogP contribution is -2.13. The number of carbonyl (C=O) groups is 1. The first-order valence-electron chi connectivity index (χ1n) is 9.26. The molecule has 2 N–H and O–H groups in total. The molecule has 0 fully saturated rings. The summed E-state index contributed by atoms with van der Waals surface area (Å²) in [5, 5.41) is 12.8. The molecule has 0 aliphatic rings. The molecule has 0 spiro atoms. The Morgan fingerprint density at radius 2 is 1.69 bits per heavy atom. The van der Waals surface area contributed by atoms with Crippen molar-refractivity contribution in [1.82, 2.24) is 9.55 Å². The van der Waals surface area contributed by atoms with Crippen LogP contribution in [0.4, 0.5) is 11.5 Å². The van der Waals surface area contributed by atoms with E-state index in [1.807, 2.05) is 65.2 Å². The maximum Gasteiger partial charge on any atom is 0.303 e. The maximum absolute atomic E-state index is 12.8. The second kappa shape index (κ2) is 7.98. The van der Waals surface area contributed by atoms with Crippen molar-refractivity contribution < 1.29 is 9.90 Å². The Morgan fingerprint density at radius 3 is 2.38 bits per heavy atom. The summed E-state index contributed by atoms with van der Waals surface area (Å²) in [5.74, 6) is -0.262. The fourth-order valence-corrected chi connectivity index (χ4v) is 3.25. The number of carboxylic acid groups (broad SMARTS) is 1. The predicted molar refractivity (Wildman–Crippen MR) is 113 cm³/mol. The molecule has 0 radical (unpaired) electrons. The summed E-state index contributed by atoms with van der Waals surface area (Å²) < 4.78 is 1.95. The van der Waals surface area contributed by atoms with Gasteiger partial charge in [-0.2, -0.15) is 0 Å². The Kier molecular flexibility index (Phi) is 5.07. The van der Waals surface area contributed by atoms with Crippen molar-refractivity contribution in [3.05, 3.63) is 94.9 Å². The lowest BCUT2D eigenvalue weighted by atomic mass is 10.1. The maximum atomic E-state index is 12.8. The third kappa shape index (κ3) is 4.01. The van der Waals surface area contributed by atoms with Crippen molar-refractivity contribution in [2.45, 2.75) is 12.8 Å². The average Bonchev–Trinajstić information content (AvgIpc) is 2.73. The van der Waals surface area contributed by atoms with Gasteiger partial charge in [-0.1, -0.05) is 36.4 Å². The van der Waals surface area contributed by atoms with Gasteiger partial charge in [0, 0.05) is 35.8 Å². The molecule has 0 saturated heterocycles. The second-order valence-electron chi connectivity index (χ2n) is 6.64. The van der Waals surface area contributed by atoms with Crippen molar-refractivity contribution in [2.24, 2.45) is 0 Å². The van der Waals surface area contributed by atoms with E-state index < -0.39 is 5.97 Å². The molecule has 4 rings (SSSR count). The molecule has 6 heteroatoms. The zero-order chi connectivity index (χ0) is 20.2. The topological polar surface area (TPSA) is 84.2 Å². The number of hydrogen-bond donors (Lipinski definition) is 2. The van der Waals surface area contributed by atoms with Gasteiger partial charge in [-0.3, -0.25) is 19.1 Å². The molecular weight excluding hydrogens is 366 g/mol. The van der Waals surface area contributed by atoms with Crippen molar-refractivity contribution in [3.8, 4) is 5.69 Å². The van der Waals surface area contributed by atoms with E-state index in [1.165, 1.54) is 6.20 Å². The van der Waals surface area contributed by atoms with E-state index in [0.717, 1.165) is 11.4 Å². The Balaban J connectivity index is 1.93. The zero-order valence-electron chi connectivity index (χ0n) is 15.6. The molecule has 0 atom stereocenters. The molecule has 0 unspecified atom stereocenters. The number of hydrogen-bond acceptors (Lipinski definition) is 4. The third-order valence-corrected chi connectivity index (χ3v) is 4.61. The Morgan fingerprint density at radius 1 is 1.00 bits per heavy atom. The van der Waals surface area contributed by atoms with Gasteiger partial charge in [-0.25, -0.2) is 0 Å². The molecule has 4 aromatic rings. The van der Waals surface area contributed by atoms with Crippen molar-refractivity contribution in [2.75, 3.05) is 5.32 Å². The van der Waals surface area contributed by atoms with E-state index in [-0.39, 0.29) is 11.8 Å². The monoisotopic (exact) mass is 385 g/mol. The minimum atomic E-state index is -0.883. The summed E-state index contributed by atoms with van der Waals surface area (Å²) in [4.78, 5) is 28.0. The van der Waals surface area contributed by atoms with Crippen LogP contribution < -0.4 is 10.7 Å². The van der Waals surface area contributed by atoms with E-state index in [0.29, 0.717) is 28.8 Å². The van der Waals surface area contributed by atoms with Crippen LogP contribution in [0, 0.1) is 0 Å². The highest BCUT2D eigenvalue weighted by atomic mass is 16.4. The summed E-state index contributed by atoms with van der Waals surface area (Å²) in [6.45, 7) is 0. The number of fused-ring (bicyclic) bond motifs is 1. The minimum absolute atomic E-state index is 0.0178. The Bertz CT molecular complexity index is 1220. The molecule has 144 valence electrons. The van der Waals surface area contributed by atoms with Gasteiger partial charge in [-0.15, -0.1) is 0 Å². The number of para-hydroxylation sites is 2. The highest BCUT2D eigenvalue weighted by Crippen LogP contribution is 2.25. The lowest BCUT2D eigenvalue weighted by Gasteiger charge is -2.18. The molecule has 6 nitrogen and oxygen atoms in total. The molecule has 29 heavy (non-hydrogen) atoms. The first-order chi connectivity index (χ1) is 14.1. The Hall–Kier alpha value is -3.93. The summed E-state index contributed by atoms with van der Waals surface area (Å²) in [5.41, 5.74) is 2.89. The van der Waals surface area contributed by atoms with Gasteiger partial charge in [0.05, 0.1) is 17.3 Å². The number of rotatable bonds is 6. The number of aliphatic carboxylic acids is 1. The van der Waals surface area contributed by atoms with Gasteiger partial charge in [-0.05, 0) is 30.3 Å². The van der Waals surface area contributed by atoms with Crippen LogP contribution in [0.1, 0.15) is 12.1 Å². The highest BCUT2D eigenvalue weighted by molar-refractivity contribution is 5.84. The number of anilines is 2. The van der Waals surface area contributed by atoms with Crippen molar-refractivity contribution in [3.63, 3.8) is 0 Å². The summed E-state index contributed by atoms with van der Waals surface area (Å²) in [6, 6.07) is 22.7. The van der Waals surface area contributed by atoms with E-state index in [4.69, 9.17) is 5.11 Å². The zero-order valence-corrected chi connectivity index (χ0v) is 15.6. The smallest absolute Gasteiger partial charge is 0.303 e. The van der Waals surface area contributed by atoms with Crippen LogP contribution in [0.15, 0.2) is 83.8 Å². The quantitative estimate of drug-likeness (QED) is 0.521. The fourth-order valence-electron chi connectivity index (χ4n) is 3.25. The normalized spacial score (nSPS) is 10.8. The number of carboxylic acids is 1. The summed E-state index contributed by atoms with van der Waals surface area (Å²) in [7, 11) is 0. The van der Waals surface area contributed by atoms with Gasteiger partial charge >= 0.3 is 5.97 Å². The van der Waals surface area contributed by atoms with Crippen LogP contribution in [0.25, 0.3) is 16.6 Å². The molecule has 0 saturated carbocycles. The SMILES string of the molecule is O=C(O)CCc1cc2c(cn1)c(=O)cc(Nc1ccccc1)n2-c1ccccc1. The number of nitrogens with one attached hydrogen (secondary N) is 1. The van der Waals surface area contributed by atoms with Crippen molar-refractivity contribution in [1.29, 1.82) is 0 Å². The van der Waals surface area contributed by atoms with E-state index >= 15 is 0 Å². The van der Waals surface area contributed by atoms with E-state index in [1.54, 1.807) is 12.1 Å². The lowest BCUT2D eigenvalue weighted by molar-refractivity contribution is -0.136. The molecule has 0 amide bonds. The molecule has 2 aromatic heterocycles. The Labute approximate surface area is 167 Å². The molecular formula is C23H19N3O3. The average molecular weight is 385 g/mol. The molecule has 0 bridgehead atoms. The number of benzene rings is 2. The highest BCUT2D eigenvalue weighted by Gasteiger charge is 2.13.